The molecular weight excluding hydrogens is 1760 g/mol. The zero-order chi connectivity index (χ0) is 97.7. The molecule has 0 radical (unpaired) electrons. The Morgan fingerprint density at radius 1 is 0.158 bits per heavy atom. The minimum atomic E-state index is -0.0435. The molecule has 4 aliphatic heterocycles. The first-order chi connectivity index (χ1) is 71.4. The van der Waals surface area contributed by atoms with Gasteiger partial charge in [-0.3, -0.25) is 0 Å². The average molecular weight is 1880 g/mol. The van der Waals surface area contributed by atoms with Crippen LogP contribution in [0.4, 0.5) is 45.5 Å². The van der Waals surface area contributed by atoms with Gasteiger partial charge in [0.05, 0.1) is 22.2 Å². The molecule has 4 heteroatoms. The number of fused-ring (bicyclic) bond motifs is 18. The predicted molar refractivity (Wildman–Crippen MR) is 619 cm³/mol. The van der Waals surface area contributed by atoms with Gasteiger partial charge in [-0.15, -0.1) is 0 Å². The molecule has 8 aliphatic rings. The largest absolute Gasteiger partial charge is 0.334 e. The van der Waals surface area contributed by atoms with E-state index in [0.717, 1.165) is 25.7 Å². The Hall–Kier alpha value is -15.1. The lowest BCUT2D eigenvalue weighted by molar-refractivity contribution is 0.195. The molecule has 4 heterocycles. The molecule has 4 saturated carbocycles. The lowest BCUT2D eigenvalue weighted by Gasteiger charge is -2.50. The molecule has 0 spiro atoms. The van der Waals surface area contributed by atoms with Crippen molar-refractivity contribution in [3.8, 4) is 111 Å². The van der Waals surface area contributed by atoms with Crippen molar-refractivity contribution < 1.29 is 0 Å². The van der Waals surface area contributed by atoms with Gasteiger partial charge < -0.3 is 19.6 Å². The Balaban J connectivity index is 0.636. The summed E-state index contributed by atoms with van der Waals surface area (Å²) in [5.41, 5.74) is 40.9. The van der Waals surface area contributed by atoms with Crippen molar-refractivity contribution >= 4 is 110 Å². The molecule has 146 heavy (non-hydrogen) atoms. The van der Waals surface area contributed by atoms with Crippen LogP contribution in [0.2, 0.25) is 0 Å². The molecule has 4 aliphatic carbocycles. The van der Waals surface area contributed by atoms with E-state index >= 15 is 0 Å². The van der Waals surface area contributed by atoms with Crippen LogP contribution in [0.3, 0.4) is 0 Å². The zero-order valence-electron chi connectivity index (χ0n) is 85.2. The van der Waals surface area contributed by atoms with E-state index < -0.39 is 0 Å². The molecule has 4 nitrogen and oxygen atoms in total. The van der Waals surface area contributed by atoms with E-state index in [1.807, 2.05) is 0 Å². The lowest BCUT2D eigenvalue weighted by atomic mass is 9.61. The van der Waals surface area contributed by atoms with Crippen LogP contribution in [0.25, 0.3) is 176 Å². The third-order valence-corrected chi connectivity index (χ3v) is 39.6. The van der Waals surface area contributed by atoms with Gasteiger partial charge in [0.1, 0.15) is 0 Å². The van der Waals surface area contributed by atoms with Crippen LogP contribution in [0.1, 0.15) is 180 Å². The molecule has 8 atom stereocenters. The number of rotatable bonds is 14. The molecule has 0 N–H and O–H groups in total. The van der Waals surface area contributed by atoms with Crippen LogP contribution in [-0.4, -0.2) is 22.2 Å². The van der Waals surface area contributed by atoms with E-state index in [1.54, 1.807) is 0 Å². The number of anilines is 8. The van der Waals surface area contributed by atoms with Gasteiger partial charge in [0.25, 0.3) is 0 Å². The monoisotopic (exact) mass is 1880 g/mol. The normalized spacial score (nSPS) is 23.3. The van der Waals surface area contributed by atoms with Gasteiger partial charge in [-0.05, 0) is 374 Å². The SMILES string of the molecule is CC12CCCCC1(C)N(c1ccccc1)c1ccc(-c3ccc(-c4ccc5c6c(-c7ccccc7)c7c8ccc(-c9ccc(-c%10ccc%11c(c%10)C%10(C)CCCCC%10(C)N%11c%10ccccc%10)cc9)c9c(-c%10ccc(-c%11ccc%12c(c%11)C%11(C)CCCCC%11(C)N%12c%11ccccc%11)cc%10)ccc(c7c(-c7ccccc7)c6c6ccc(-c7ccc(-c%10ccc%11c(c%10)C%10(C)CCCCC%10(C)N%11c%10ccccc%10)cc7)c4c56)c98)cc3)cc12. The molecule has 0 bridgehead atoms. The summed E-state index contributed by atoms with van der Waals surface area (Å²) in [4.78, 5) is 10.8. The van der Waals surface area contributed by atoms with E-state index in [9.17, 15) is 0 Å². The van der Waals surface area contributed by atoms with Gasteiger partial charge in [-0.25, -0.2) is 0 Å². The second kappa shape index (κ2) is 32.2. The highest BCUT2D eigenvalue weighted by molar-refractivity contribution is 6.48. The molecular formula is C142H122N4. The number of nitrogens with zero attached hydrogens (tertiary/aromatic N) is 4. The summed E-state index contributed by atoms with van der Waals surface area (Å²) in [6.07, 6.45) is 19.2. The standard InChI is InChI=1S/C142H122N4/c1-135-79-27-31-83-139(135,5)143(105-39-19-11-20-40-105)121-75-63-101(87-117(121)135)91-47-55-95(56-48-91)109-67-71-113-129-114(72-68-110(127(109)129)96-57-49-92(50-58-96)102-64-76-122-118(88-102)136(2)80-28-32-84-140(136,6)144(122)106-41-21-12-22-42-106)132-126(100-37-17-10-18-38-100)134-116-74-70-112(98-61-53-94(54-62-98)104-66-78-124-120(90-104)138(4)82-30-34-86-142(138,8)146(124)108-45-25-14-26-46-108)128-111(69-73-115(130(116)128)133(134)125(131(113)132)99-35-15-9-16-36-99)97-59-51-93(52-60-97)103-65-77-123-119(89-103)137(3)81-29-33-85-141(137,7)145(123)107-43-23-13-24-44-107/h9-26,35-78,87-90H,27-34,79-86H2,1-8H3. The number of hydrogen-bond donors (Lipinski definition) is 0. The molecule has 8 unspecified atom stereocenters. The Morgan fingerprint density at radius 2 is 0.349 bits per heavy atom. The average Bonchev–Trinajstić information content (AvgIpc) is 1.48. The van der Waals surface area contributed by atoms with Crippen LogP contribution in [0, 0.1) is 0 Å². The van der Waals surface area contributed by atoms with Crippen molar-refractivity contribution in [3.63, 3.8) is 0 Å². The maximum absolute atomic E-state index is 2.70. The van der Waals surface area contributed by atoms with Gasteiger partial charge in [-0.2, -0.15) is 0 Å². The van der Waals surface area contributed by atoms with Crippen molar-refractivity contribution in [3.05, 3.63) is 423 Å². The maximum atomic E-state index is 2.70. The van der Waals surface area contributed by atoms with E-state index in [0.29, 0.717) is 0 Å². The van der Waals surface area contributed by atoms with Crippen molar-refractivity contribution in [2.24, 2.45) is 0 Å². The first kappa shape index (κ1) is 87.5. The fraction of sp³-hybridized carbons (Fsp3) is 0.225. The molecule has 0 saturated heterocycles. The second-order valence-corrected chi connectivity index (χ2v) is 46.3. The third kappa shape index (κ3) is 12.1. The Labute approximate surface area is 859 Å². The van der Waals surface area contributed by atoms with E-state index in [-0.39, 0.29) is 43.8 Å². The summed E-state index contributed by atoms with van der Waals surface area (Å²) in [6.45, 7) is 20.5. The Kier molecular flexibility index (Phi) is 19.3. The van der Waals surface area contributed by atoms with Gasteiger partial charge in [0, 0.05) is 67.2 Å². The number of para-hydroxylation sites is 4. The van der Waals surface area contributed by atoms with Crippen LogP contribution in [0.5, 0.6) is 0 Å². The Morgan fingerprint density at radius 3 is 0.568 bits per heavy atom. The third-order valence-electron chi connectivity index (χ3n) is 39.6. The maximum Gasteiger partial charge on any atom is 0.0517 e. The van der Waals surface area contributed by atoms with Crippen molar-refractivity contribution in [2.75, 3.05) is 19.6 Å². The fourth-order valence-corrected chi connectivity index (χ4v) is 31.4. The highest BCUT2D eigenvalue weighted by Crippen LogP contribution is 2.68. The van der Waals surface area contributed by atoms with E-state index in [1.165, 1.54) is 321 Å². The summed E-state index contributed by atoms with van der Waals surface area (Å²) < 4.78 is 0. The zero-order valence-corrected chi connectivity index (χ0v) is 85.2. The summed E-state index contributed by atoms with van der Waals surface area (Å²) in [5.74, 6) is 0. The number of benzene rings is 19. The van der Waals surface area contributed by atoms with Gasteiger partial charge in [-0.1, -0.05) is 382 Å². The molecule has 0 aromatic heterocycles. The first-order valence-electron chi connectivity index (χ1n) is 54.4. The van der Waals surface area contributed by atoms with E-state index in [2.05, 4.69) is 475 Å². The van der Waals surface area contributed by atoms with Gasteiger partial charge in [0.2, 0.25) is 0 Å². The van der Waals surface area contributed by atoms with Crippen molar-refractivity contribution in [2.45, 2.75) is 202 Å². The first-order valence-corrected chi connectivity index (χ1v) is 54.4. The molecule has 0 amide bonds. The predicted octanol–water partition coefficient (Wildman–Crippen LogP) is 39.1. The van der Waals surface area contributed by atoms with Crippen LogP contribution in [-0.2, 0) is 21.7 Å². The van der Waals surface area contributed by atoms with Crippen LogP contribution < -0.4 is 19.6 Å². The lowest BCUT2D eigenvalue weighted by Crippen LogP contribution is -2.54. The summed E-state index contributed by atoms with van der Waals surface area (Å²) in [7, 11) is 0. The van der Waals surface area contributed by atoms with Crippen LogP contribution >= 0.6 is 0 Å². The fourth-order valence-electron chi connectivity index (χ4n) is 31.4. The summed E-state index contributed by atoms with van der Waals surface area (Å²) in [5, 5.41) is 15.4. The Bertz CT molecular complexity index is 7860. The molecule has 21 aromatic rings. The highest BCUT2D eigenvalue weighted by Gasteiger charge is 2.62. The van der Waals surface area contributed by atoms with Crippen LogP contribution in [0.15, 0.2) is 400 Å². The topological polar surface area (TPSA) is 13.0 Å². The molecule has 21 aromatic carbocycles. The quantitative estimate of drug-likeness (QED) is 0.108. The van der Waals surface area contributed by atoms with Crippen molar-refractivity contribution in [1.29, 1.82) is 0 Å². The molecule has 710 valence electrons. The summed E-state index contributed by atoms with van der Waals surface area (Å²) in [6, 6.07) is 157. The van der Waals surface area contributed by atoms with Crippen molar-refractivity contribution in [1.82, 2.24) is 0 Å². The number of hydrogen-bond acceptors (Lipinski definition) is 4. The summed E-state index contributed by atoms with van der Waals surface area (Å²) >= 11 is 0. The smallest absolute Gasteiger partial charge is 0.0517 e. The molecule has 4 fully saturated rings. The van der Waals surface area contributed by atoms with Gasteiger partial charge in [0.15, 0.2) is 0 Å². The highest BCUT2D eigenvalue weighted by atomic mass is 15.3. The molecule has 29 rings (SSSR count). The minimum absolute atomic E-state index is 0.0129. The van der Waals surface area contributed by atoms with E-state index in [4.69, 9.17) is 0 Å². The van der Waals surface area contributed by atoms with Gasteiger partial charge >= 0.3 is 0 Å². The second-order valence-electron chi connectivity index (χ2n) is 46.3. The minimum Gasteiger partial charge on any atom is -0.334 e.